The summed E-state index contributed by atoms with van der Waals surface area (Å²) < 4.78 is 13.1. The van der Waals surface area contributed by atoms with Crippen LogP contribution in [0.4, 0.5) is 5.69 Å². The van der Waals surface area contributed by atoms with Gasteiger partial charge in [-0.3, -0.25) is 9.59 Å². The lowest BCUT2D eigenvalue weighted by molar-refractivity contribution is -0.125. The number of carbonyl (C=O) groups is 2. The van der Waals surface area contributed by atoms with Gasteiger partial charge < -0.3 is 14.4 Å². The van der Waals surface area contributed by atoms with Crippen LogP contribution in [0.1, 0.15) is 70.8 Å². The molecule has 2 aromatic rings. The zero-order chi connectivity index (χ0) is 24.8. The molecule has 0 radical (unpaired) electrons. The molecule has 1 aliphatic rings. The molecule has 1 aliphatic carbocycles. The largest absolute Gasteiger partial charge is 0.496 e. The van der Waals surface area contributed by atoms with E-state index in [2.05, 4.69) is 45.7 Å². The number of amides is 1. The Kier molecular flexibility index (Phi) is 9.60. The van der Waals surface area contributed by atoms with Gasteiger partial charge in [-0.25, -0.2) is 0 Å². The van der Waals surface area contributed by atoms with Crippen LogP contribution < -0.4 is 14.4 Å². The number of nitrogens with zero attached hydrogens (tertiary/aromatic N) is 1. The average Bonchev–Trinajstić information content (AvgIpc) is 2.84. The van der Waals surface area contributed by atoms with E-state index in [1.54, 1.807) is 12.0 Å². The van der Waals surface area contributed by atoms with E-state index in [0.717, 1.165) is 37.0 Å². The minimum atomic E-state index is -0.0272. The van der Waals surface area contributed by atoms with Crippen molar-refractivity contribution in [2.24, 2.45) is 5.92 Å². The Hall–Kier alpha value is -1.86. The highest BCUT2D eigenvalue weighted by Gasteiger charge is 2.29. The third-order valence-corrected chi connectivity index (χ3v) is 7.47. The Bertz CT molecular complexity index is 1010. The summed E-state index contributed by atoms with van der Waals surface area (Å²) in [6.07, 6.45) is 5.46. The fourth-order valence-corrected chi connectivity index (χ4v) is 5.62. The first-order chi connectivity index (χ1) is 16.2. The summed E-state index contributed by atoms with van der Waals surface area (Å²) in [5.74, 6) is 2.45. The van der Waals surface area contributed by atoms with Crippen molar-refractivity contribution in [3.05, 3.63) is 44.8 Å². The molecule has 0 atom stereocenters. The monoisotopic (exact) mass is 593 g/mol. The lowest BCUT2D eigenvalue weighted by atomic mass is 9.88. The Morgan fingerprint density at radius 1 is 1.06 bits per heavy atom. The second-order valence-corrected chi connectivity index (χ2v) is 10.8. The van der Waals surface area contributed by atoms with E-state index in [9.17, 15) is 9.59 Å². The van der Waals surface area contributed by atoms with Crippen LogP contribution in [0, 0.1) is 5.92 Å². The van der Waals surface area contributed by atoms with E-state index in [0.29, 0.717) is 32.6 Å². The number of benzene rings is 2. The SMILES string of the molecule is CCC(=O)CN(C(=O)C1CCCCC1)c1cc(Br)c(Oc2ccc(OC)c(C(C)C)c2)c(Br)c1. The van der Waals surface area contributed by atoms with Crippen LogP contribution in [-0.4, -0.2) is 25.3 Å². The lowest BCUT2D eigenvalue weighted by Crippen LogP contribution is -2.40. The summed E-state index contributed by atoms with van der Waals surface area (Å²) in [5.41, 5.74) is 1.74. The van der Waals surface area contributed by atoms with Crippen molar-refractivity contribution >= 4 is 49.2 Å². The van der Waals surface area contributed by atoms with E-state index >= 15 is 0 Å². The van der Waals surface area contributed by atoms with E-state index in [-0.39, 0.29) is 30.1 Å². The first-order valence-electron chi connectivity index (χ1n) is 11.9. The summed E-state index contributed by atoms with van der Waals surface area (Å²) in [5, 5.41) is 0. The summed E-state index contributed by atoms with van der Waals surface area (Å²) in [4.78, 5) is 27.4. The van der Waals surface area contributed by atoms with Crippen molar-refractivity contribution in [1.82, 2.24) is 0 Å². The molecule has 0 spiro atoms. The molecule has 1 saturated carbocycles. The van der Waals surface area contributed by atoms with Gasteiger partial charge in [0, 0.05) is 23.6 Å². The zero-order valence-electron chi connectivity index (χ0n) is 20.3. The Morgan fingerprint density at radius 2 is 1.71 bits per heavy atom. The molecule has 0 N–H and O–H groups in total. The maximum Gasteiger partial charge on any atom is 0.230 e. The van der Waals surface area contributed by atoms with Crippen LogP contribution in [0.15, 0.2) is 39.3 Å². The van der Waals surface area contributed by atoms with Gasteiger partial charge in [0.05, 0.1) is 22.6 Å². The molecule has 1 fully saturated rings. The number of carbonyl (C=O) groups excluding carboxylic acids is 2. The summed E-state index contributed by atoms with van der Waals surface area (Å²) >= 11 is 7.25. The standard InChI is InChI=1S/C27H33Br2NO4/c1-5-20(31)16-30(27(32)18-9-7-6-8-10-18)19-13-23(28)26(24(29)14-19)34-21-11-12-25(33-4)22(15-21)17(2)3/h11-15,17-18H,5-10,16H2,1-4H3. The van der Waals surface area contributed by atoms with Crippen molar-refractivity contribution < 1.29 is 19.1 Å². The third-order valence-electron chi connectivity index (χ3n) is 6.29. The second kappa shape index (κ2) is 12.2. The first kappa shape index (κ1) is 26.7. The number of ketones is 1. The summed E-state index contributed by atoms with van der Waals surface area (Å²) in [6, 6.07) is 9.47. The molecule has 184 valence electrons. The van der Waals surface area contributed by atoms with Gasteiger partial charge in [-0.1, -0.05) is 40.0 Å². The van der Waals surface area contributed by atoms with E-state index < -0.39 is 0 Å². The fraction of sp³-hybridized carbons (Fsp3) is 0.481. The number of anilines is 1. The first-order valence-corrected chi connectivity index (χ1v) is 13.5. The molecule has 1 amide bonds. The van der Waals surface area contributed by atoms with Gasteiger partial charge in [-0.15, -0.1) is 0 Å². The van der Waals surface area contributed by atoms with Crippen molar-refractivity contribution in [2.45, 2.75) is 65.2 Å². The van der Waals surface area contributed by atoms with Crippen LogP contribution in [0.3, 0.4) is 0 Å². The molecule has 0 unspecified atom stereocenters. The number of methoxy groups -OCH3 is 1. The van der Waals surface area contributed by atoms with Crippen LogP contribution in [-0.2, 0) is 9.59 Å². The van der Waals surface area contributed by atoms with Crippen LogP contribution >= 0.6 is 31.9 Å². The molecule has 34 heavy (non-hydrogen) atoms. The molecule has 0 heterocycles. The van der Waals surface area contributed by atoms with Crippen LogP contribution in [0.5, 0.6) is 17.2 Å². The molecule has 2 aromatic carbocycles. The predicted octanol–water partition coefficient (Wildman–Crippen LogP) is 8.03. The normalized spacial score (nSPS) is 14.2. The average molecular weight is 595 g/mol. The maximum atomic E-state index is 13.4. The van der Waals surface area contributed by atoms with Crippen LogP contribution in [0.25, 0.3) is 0 Å². The molecule has 0 aromatic heterocycles. The van der Waals surface area contributed by atoms with Crippen LogP contribution in [0.2, 0.25) is 0 Å². The number of hydrogen-bond donors (Lipinski definition) is 0. The van der Waals surface area contributed by atoms with E-state index in [4.69, 9.17) is 9.47 Å². The minimum Gasteiger partial charge on any atom is -0.496 e. The quantitative estimate of drug-likeness (QED) is 0.295. The maximum absolute atomic E-state index is 13.4. The number of rotatable bonds is 9. The van der Waals surface area contributed by atoms with Gasteiger partial charge in [0.25, 0.3) is 0 Å². The van der Waals surface area contributed by atoms with Gasteiger partial charge in [0.15, 0.2) is 11.5 Å². The van der Waals surface area contributed by atoms with Gasteiger partial charge in [-0.05, 0) is 81.0 Å². The van der Waals surface area contributed by atoms with Gasteiger partial charge >= 0.3 is 0 Å². The van der Waals surface area contributed by atoms with Crippen molar-refractivity contribution in [3.8, 4) is 17.2 Å². The zero-order valence-corrected chi connectivity index (χ0v) is 23.5. The number of hydrogen-bond acceptors (Lipinski definition) is 4. The number of halogens is 2. The second-order valence-electron chi connectivity index (χ2n) is 9.05. The lowest BCUT2D eigenvalue weighted by Gasteiger charge is -2.29. The summed E-state index contributed by atoms with van der Waals surface area (Å²) in [7, 11) is 1.66. The highest BCUT2D eigenvalue weighted by atomic mass is 79.9. The Labute approximate surface area is 219 Å². The molecule has 7 heteroatoms. The highest BCUT2D eigenvalue weighted by molar-refractivity contribution is 9.11. The van der Waals surface area contributed by atoms with E-state index in [1.807, 2.05) is 37.3 Å². The number of Topliss-reactive ketones (excluding diaryl/α,β-unsaturated/α-hetero) is 1. The third kappa shape index (κ3) is 6.42. The minimum absolute atomic E-state index is 0.0272. The molecular weight excluding hydrogens is 562 g/mol. The van der Waals surface area contributed by atoms with Crippen molar-refractivity contribution in [2.75, 3.05) is 18.6 Å². The molecular formula is C27H33Br2NO4. The molecule has 0 saturated heterocycles. The van der Waals surface area contributed by atoms with Crippen molar-refractivity contribution in [1.29, 1.82) is 0 Å². The van der Waals surface area contributed by atoms with E-state index in [1.165, 1.54) is 6.42 Å². The van der Waals surface area contributed by atoms with Crippen molar-refractivity contribution in [3.63, 3.8) is 0 Å². The van der Waals surface area contributed by atoms with Gasteiger partial charge in [0.2, 0.25) is 5.91 Å². The fourth-order valence-electron chi connectivity index (χ4n) is 4.30. The topological polar surface area (TPSA) is 55.8 Å². The molecule has 0 aliphatic heterocycles. The molecule has 0 bridgehead atoms. The molecule has 5 nitrogen and oxygen atoms in total. The summed E-state index contributed by atoms with van der Waals surface area (Å²) in [6.45, 7) is 6.13. The highest BCUT2D eigenvalue weighted by Crippen LogP contribution is 2.42. The molecule has 3 rings (SSSR count). The predicted molar refractivity (Wildman–Crippen MR) is 143 cm³/mol. The smallest absolute Gasteiger partial charge is 0.230 e. The Balaban J connectivity index is 1.92. The van der Waals surface area contributed by atoms with Gasteiger partial charge in [-0.2, -0.15) is 0 Å². The number of ether oxygens (including phenoxy) is 2. The Morgan fingerprint density at radius 3 is 2.26 bits per heavy atom. The van der Waals surface area contributed by atoms with Gasteiger partial charge in [0.1, 0.15) is 11.5 Å².